The van der Waals surface area contributed by atoms with Gasteiger partial charge in [0.2, 0.25) is 0 Å². The number of benzene rings is 2. The maximum Gasteiger partial charge on any atom is 0.260 e. The number of thiazole rings is 1. The first-order valence-corrected chi connectivity index (χ1v) is 11.5. The minimum Gasteiger partial charge on any atom is -0.497 e. The van der Waals surface area contributed by atoms with Gasteiger partial charge in [-0.15, -0.1) is 0 Å². The van der Waals surface area contributed by atoms with E-state index in [0.717, 1.165) is 65.9 Å². The van der Waals surface area contributed by atoms with Crippen molar-refractivity contribution in [3.05, 3.63) is 53.1 Å². The second kappa shape index (κ2) is 9.77. The van der Waals surface area contributed by atoms with E-state index in [2.05, 4.69) is 11.8 Å². The molecule has 1 saturated heterocycles. The fraction of sp³-hybridized carbons (Fsp3) is 0.417. The molecule has 31 heavy (non-hydrogen) atoms. The van der Waals surface area contributed by atoms with Crippen molar-refractivity contribution in [2.24, 2.45) is 0 Å². The molecule has 1 aromatic heterocycles. The van der Waals surface area contributed by atoms with E-state index in [1.54, 1.807) is 18.4 Å². The van der Waals surface area contributed by atoms with Crippen molar-refractivity contribution >= 4 is 32.6 Å². The summed E-state index contributed by atoms with van der Waals surface area (Å²) in [4.78, 5) is 22.5. The number of hydrogen-bond acceptors (Lipinski definition) is 6. The third-order valence-electron chi connectivity index (χ3n) is 5.77. The number of nitrogens with zero attached hydrogens (tertiary/aromatic N) is 3. The van der Waals surface area contributed by atoms with Crippen molar-refractivity contribution in [1.82, 2.24) is 9.88 Å². The van der Waals surface area contributed by atoms with Gasteiger partial charge in [0.1, 0.15) is 5.75 Å². The lowest BCUT2D eigenvalue weighted by Gasteiger charge is -2.27. The number of aromatic nitrogens is 1. The molecule has 1 fully saturated rings. The minimum absolute atomic E-state index is 0.00361. The van der Waals surface area contributed by atoms with Gasteiger partial charge >= 0.3 is 0 Å². The Morgan fingerprint density at radius 1 is 1.16 bits per heavy atom. The first-order chi connectivity index (χ1) is 15.0. The van der Waals surface area contributed by atoms with E-state index in [4.69, 9.17) is 14.5 Å². The molecule has 0 N–H and O–H groups in total. The predicted octanol–water partition coefficient (Wildman–Crippen LogP) is 4.29. The molecule has 0 spiro atoms. The van der Waals surface area contributed by atoms with Gasteiger partial charge in [-0.1, -0.05) is 17.4 Å². The summed E-state index contributed by atoms with van der Waals surface area (Å²) in [5.74, 6) is 0.764. The van der Waals surface area contributed by atoms with E-state index >= 15 is 0 Å². The zero-order chi connectivity index (χ0) is 21.8. The number of ether oxygens (including phenoxy) is 2. The Balaban J connectivity index is 1.59. The summed E-state index contributed by atoms with van der Waals surface area (Å²) in [6, 6.07) is 11.7. The van der Waals surface area contributed by atoms with Gasteiger partial charge in [-0.3, -0.25) is 14.6 Å². The lowest BCUT2D eigenvalue weighted by molar-refractivity contribution is 0.0376. The van der Waals surface area contributed by atoms with Gasteiger partial charge in [0.15, 0.2) is 5.13 Å². The highest BCUT2D eigenvalue weighted by molar-refractivity contribution is 7.22. The van der Waals surface area contributed by atoms with Crippen LogP contribution in [0.15, 0.2) is 36.4 Å². The van der Waals surface area contributed by atoms with Gasteiger partial charge in [-0.05, 0) is 55.7 Å². The van der Waals surface area contributed by atoms with E-state index in [9.17, 15) is 4.79 Å². The van der Waals surface area contributed by atoms with Crippen LogP contribution in [0.25, 0.3) is 10.2 Å². The quantitative estimate of drug-likeness (QED) is 0.550. The maximum atomic E-state index is 13.5. The van der Waals surface area contributed by atoms with Crippen molar-refractivity contribution in [1.29, 1.82) is 0 Å². The Labute approximate surface area is 187 Å². The topological polar surface area (TPSA) is 54.9 Å². The normalized spacial score (nSPS) is 14.7. The van der Waals surface area contributed by atoms with Crippen LogP contribution in [0.1, 0.15) is 27.9 Å². The maximum absolute atomic E-state index is 13.5. The van der Waals surface area contributed by atoms with Crippen LogP contribution in [-0.2, 0) is 4.74 Å². The van der Waals surface area contributed by atoms with Crippen molar-refractivity contribution < 1.29 is 14.3 Å². The van der Waals surface area contributed by atoms with Gasteiger partial charge in [0, 0.05) is 37.8 Å². The highest BCUT2D eigenvalue weighted by atomic mass is 32.1. The summed E-state index contributed by atoms with van der Waals surface area (Å²) in [7, 11) is 1.65. The smallest absolute Gasteiger partial charge is 0.260 e. The van der Waals surface area contributed by atoms with Gasteiger partial charge in [0.05, 0.1) is 30.5 Å². The molecular formula is C24H29N3O3S. The van der Waals surface area contributed by atoms with Crippen molar-refractivity contribution in [3.63, 3.8) is 0 Å². The van der Waals surface area contributed by atoms with Crippen LogP contribution >= 0.6 is 11.3 Å². The molecule has 1 aliphatic rings. The first kappa shape index (κ1) is 21.7. The Hall–Kier alpha value is -2.48. The van der Waals surface area contributed by atoms with Crippen LogP contribution < -0.4 is 9.64 Å². The number of anilines is 1. The Bertz CT molecular complexity index is 1060. The van der Waals surface area contributed by atoms with E-state index in [1.807, 2.05) is 48.2 Å². The Morgan fingerprint density at radius 2 is 1.97 bits per heavy atom. The third kappa shape index (κ3) is 5.06. The average molecular weight is 440 g/mol. The number of fused-ring (bicyclic) bond motifs is 1. The minimum atomic E-state index is -0.00361. The molecule has 7 heteroatoms. The monoisotopic (exact) mass is 439 g/mol. The van der Waals surface area contributed by atoms with Crippen LogP contribution in [0.4, 0.5) is 5.13 Å². The summed E-state index contributed by atoms with van der Waals surface area (Å²) in [5, 5.41) is 0.730. The molecule has 164 valence electrons. The summed E-state index contributed by atoms with van der Waals surface area (Å²) in [6.45, 7) is 9.14. The molecule has 6 nitrogen and oxygen atoms in total. The number of methoxy groups -OCH3 is 1. The largest absolute Gasteiger partial charge is 0.497 e. The van der Waals surface area contributed by atoms with Gasteiger partial charge in [-0.2, -0.15) is 0 Å². The average Bonchev–Trinajstić information content (AvgIpc) is 3.21. The number of carbonyl (C=O) groups is 1. The molecule has 0 saturated carbocycles. The Kier molecular flexibility index (Phi) is 6.85. The molecule has 0 bridgehead atoms. The fourth-order valence-corrected chi connectivity index (χ4v) is 4.70. The fourth-order valence-electron chi connectivity index (χ4n) is 3.73. The van der Waals surface area contributed by atoms with Gasteiger partial charge in [-0.25, -0.2) is 4.98 Å². The van der Waals surface area contributed by atoms with Crippen LogP contribution in [0.3, 0.4) is 0 Å². The molecule has 1 amide bonds. The number of rotatable bonds is 7. The van der Waals surface area contributed by atoms with E-state index in [1.165, 1.54) is 5.56 Å². The summed E-state index contributed by atoms with van der Waals surface area (Å²) < 4.78 is 11.8. The highest BCUT2D eigenvalue weighted by Gasteiger charge is 2.22. The molecule has 0 aliphatic carbocycles. The molecule has 0 unspecified atom stereocenters. The lowest BCUT2D eigenvalue weighted by Crippen LogP contribution is -2.39. The zero-order valence-corrected chi connectivity index (χ0v) is 19.2. The van der Waals surface area contributed by atoms with Crippen LogP contribution in [0.2, 0.25) is 0 Å². The Morgan fingerprint density at radius 3 is 2.71 bits per heavy atom. The summed E-state index contributed by atoms with van der Waals surface area (Å²) in [6.07, 6.45) is 0.885. The highest BCUT2D eigenvalue weighted by Crippen LogP contribution is 2.32. The number of carbonyl (C=O) groups excluding carboxylic acids is 1. The number of amides is 1. The van der Waals surface area contributed by atoms with Crippen LogP contribution in [0.5, 0.6) is 5.75 Å². The van der Waals surface area contributed by atoms with Crippen molar-refractivity contribution in [2.75, 3.05) is 51.4 Å². The summed E-state index contributed by atoms with van der Waals surface area (Å²) >= 11 is 1.55. The van der Waals surface area contributed by atoms with E-state index < -0.39 is 0 Å². The SMILES string of the molecule is COc1ccc2sc(N(CCCN3CCOCC3)C(=O)c3ccc(C)c(C)c3)nc2c1. The third-order valence-corrected chi connectivity index (χ3v) is 6.83. The number of hydrogen-bond donors (Lipinski definition) is 0. The van der Waals surface area contributed by atoms with Gasteiger partial charge in [0.25, 0.3) is 5.91 Å². The molecule has 2 heterocycles. The second-order valence-corrected chi connectivity index (χ2v) is 8.90. The molecule has 3 aromatic rings. The van der Waals surface area contributed by atoms with E-state index in [-0.39, 0.29) is 5.91 Å². The predicted molar refractivity (Wildman–Crippen MR) is 126 cm³/mol. The van der Waals surface area contributed by atoms with Crippen molar-refractivity contribution in [3.8, 4) is 5.75 Å². The van der Waals surface area contributed by atoms with E-state index in [0.29, 0.717) is 12.1 Å². The molecule has 2 aromatic carbocycles. The van der Waals surface area contributed by atoms with Gasteiger partial charge < -0.3 is 9.47 Å². The lowest BCUT2D eigenvalue weighted by atomic mass is 10.1. The molecule has 4 rings (SSSR count). The standard InChI is InChI=1S/C24H29N3O3S/c1-17-5-6-19(15-18(17)2)23(28)27(10-4-9-26-11-13-30-14-12-26)24-25-21-16-20(29-3)7-8-22(21)31-24/h5-8,15-16H,4,9-14H2,1-3H3. The molecule has 1 aliphatic heterocycles. The second-order valence-electron chi connectivity index (χ2n) is 7.89. The molecule has 0 radical (unpaired) electrons. The zero-order valence-electron chi connectivity index (χ0n) is 18.4. The van der Waals surface area contributed by atoms with Crippen molar-refractivity contribution in [2.45, 2.75) is 20.3 Å². The number of aryl methyl sites for hydroxylation is 2. The van der Waals surface area contributed by atoms with Crippen LogP contribution in [-0.4, -0.2) is 62.3 Å². The molecular weight excluding hydrogens is 410 g/mol. The number of morpholine rings is 1. The first-order valence-electron chi connectivity index (χ1n) is 10.7. The molecule has 0 atom stereocenters. The van der Waals surface area contributed by atoms with Crippen LogP contribution in [0, 0.1) is 13.8 Å². The summed E-state index contributed by atoms with van der Waals surface area (Å²) in [5.41, 5.74) is 3.85.